The van der Waals surface area contributed by atoms with E-state index in [1.807, 2.05) is 20.8 Å². The van der Waals surface area contributed by atoms with Crippen molar-refractivity contribution in [2.45, 2.75) is 60.4 Å². The summed E-state index contributed by atoms with van der Waals surface area (Å²) in [6.07, 6.45) is 0.664. The van der Waals surface area contributed by atoms with E-state index in [0.29, 0.717) is 18.3 Å². The lowest BCUT2D eigenvalue weighted by molar-refractivity contribution is -0.594. The third kappa shape index (κ3) is 2.96. The van der Waals surface area contributed by atoms with E-state index in [2.05, 4.69) is 27.7 Å². The molecule has 2 unspecified atom stereocenters. The maximum atomic E-state index is 11.5. The van der Waals surface area contributed by atoms with Gasteiger partial charge in [0.15, 0.2) is 0 Å². The third-order valence-electron chi connectivity index (χ3n) is 3.86. The van der Waals surface area contributed by atoms with Crippen LogP contribution in [-0.2, 0) is 0 Å². The Morgan fingerprint density at radius 3 is 1.69 bits per heavy atom. The molecule has 0 fully saturated rings. The van der Waals surface area contributed by atoms with Crippen molar-refractivity contribution < 1.29 is 4.92 Å². The van der Waals surface area contributed by atoms with Crippen LogP contribution >= 0.6 is 0 Å². The number of nitro groups is 1. The Balaban J connectivity index is 5.34. The third-order valence-corrected chi connectivity index (χ3v) is 3.86. The summed E-state index contributed by atoms with van der Waals surface area (Å²) in [6.45, 7) is 14.3. The summed E-state index contributed by atoms with van der Waals surface area (Å²) in [5.41, 5.74) is -0.775. The molecule has 16 heavy (non-hydrogen) atoms. The van der Waals surface area contributed by atoms with Gasteiger partial charge in [-0.3, -0.25) is 10.1 Å². The highest BCUT2D eigenvalue weighted by molar-refractivity contribution is 4.90. The molecule has 0 aromatic rings. The van der Waals surface area contributed by atoms with Gasteiger partial charge >= 0.3 is 0 Å². The molecule has 0 rings (SSSR count). The van der Waals surface area contributed by atoms with Crippen LogP contribution in [0.5, 0.6) is 0 Å². The molecule has 0 aromatic heterocycles. The Kier molecular flexibility index (Phi) is 5.43. The molecule has 0 spiro atoms. The lowest BCUT2D eigenvalue weighted by atomic mass is 9.68. The largest absolute Gasteiger partial charge is 0.264 e. The minimum atomic E-state index is -0.775. The van der Waals surface area contributed by atoms with Crippen LogP contribution in [0.2, 0.25) is 0 Å². The van der Waals surface area contributed by atoms with Gasteiger partial charge in [0, 0.05) is 23.2 Å². The van der Waals surface area contributed by atoms with Gasteiger partial charge in [-0.25, -0.2) is 0 Å². The van der Waals surface area contributed by atoms with Gasteiger partial charge < -0.3 is 0 Å². The highest BCUT2D eigenvalue weighted by Crippen LogP contribution is 2.39. The first kappa shape index (κ1) is 15.4. The monoisotopic (exact) mass is 229 g/mol. The van der Waals surface area contributed by atoms with Gasteiger partial charge in [0.05, 0.1) is 0 Å². The molecule has 0 saturated carbocycles. The average molecular weight is 229 g/mol. The van der Waals surface area contributed by atoms with Gasteiger partial charge in [0.25, 0.3) is 0 Å². The van der Waals surface area contributed by atoms with Gasteiger partial charge in [-0.15, -0.1) is 0 Å². The summed E-state index contributed by atoms with van der Waals surface area (Å²) in [7, 11) is 0. The van der Waals surface area contributed by atoms with E-state index in [1.165, 1.54) is 0 Å². The summed E-state index contributed by atoms with van der Waals surface area (Å²) in [4.78, 5) is 11.5. The molecule has 0 aliphatic rings. The van der Waals surface area contributed by atoms with Crippen molar-refractivity contribution in [3.05, 3.63) is 10.1 Å². The van der Waals surface area contributed by atoms with Crippen LogP contribution in [0.3, 0.4) is 0 Å². The molecule has 3 heteroatoms. The fraction of sp³-hybridized carbons (Fsp3) is 1.00. The van der Waals surface area contributed by atoms with Crippen LogP contribution in [-0.4, -0.2) is 10.5 Å². The normalized spacial score (nSPS) is 17.9. The second kappa shape index (κ2) is 5.65. The highest BCUT2D eigenvalue weighted by Gasteiger charge is 2.51. The maximum Gasteiger partial charge on any atom is 0.227 e. The zero-order valence-electron chi connectivity index (χ0n) is 11.8. The lowest BCUT2D eigenvalue weighted by Crippen LogP contribution is -2.51. The van der Waals surface area contributed by atoms with Crippen LogP contribution in [0.15, 0.2) is 0 Å². The Morgan fingerprint density at radius 2 is 1.50 bits per heavy atom. The summed E-state index contributed by atoms with van der Waals surface area (Å²) < 4.78 is 0. The van der Waals surface area contributed by atoms with Crippen LogP contribution < -0.4 is 0 Å². The molecular weight excluding hydrogens is 202 g/mol. The molecule has 0 bridgehead atoms. The van der Waals surface area contributed by atoms with Gasteiger partial charge in [-0.05, 0) is 11.8 Å². The van der Waals surface area contributed by atoms with E-state index >= 15 is 0 Å². The van der Waals surface area contributed by atoms with E-state index in [9.17, 15) is 10.1 Å². The zero-order valence-corrected chi connectivity index (χ0v) is 11.8. The Morgan fingerprint density at radius 1 is 1.06 bits per heavy atom. The number of rotatable bonds is 6. The number of hydrogen-bond acceptors (Lipinski definition) is 2. The molecule has 0 aliphatic carbocycles. The van der Waals surface area contributed by atoms with Crippen LogP contribution in [0.25, 0.3) is 0 Å². The summed E-state index contributed by atoms with van der Waals surface area (Å²) in [5.74, 6) is 0.868. The number of nitrogens with zero attached hydrogens (tertiary/aromatic N) is 1. The molecule has 0 N–H and O–H groups in total. The SMILES string of the molecule is CC(C)CC(C(C)C)(C(C)C(C)C)[N+](=O)[O-]. The van der Waals surface area contributed by atoms with E-state index in [0.717, 1.165) is 0 Å². The van der Waals surface area contributed by atoms with E-state index in [4.69, 9.17) is 0 Å². The topological polar surface area (TPSA) is 43.1 Å². The zero-order chi connectivity index (χ0) is 13.1. The van der Waals surface area contributed by atoms with Crippen molar-refractivity contribution >= 4 is 0 Å². The quantitative estimate of drug-likeness (QED) is 0.510. The van der Waals surface area contributed by atoms with Crippen molar-refractivity contribution in [3.63, 3.8) is 0 Å². The Hall–Kier alpha value is -0.600. The van der Waals surface area contributed by atoms with Gasteiger partial charge in [-0.2, -0.15) is 0 Å². The van der Waals surface area contributed by atoms with Crippen LogP contribution in [0.1, 0.15) is 54.9 Å². The molecule has 0 saturated heterocycles. The Bertz CT molecular complexity index is 236. The second-order valence-electron chi connectivity index (χ2n) is 6.03. The molecular formula is C13H27NO2. The molecule has 0 amide bonds. The molecule has 0 heterocycles. The summed E-state index contributed by atoms with van der Waals surface area (Å²) in [6, 6.07) is 0. The molecule has 0 aromatic carbocycles. The van der Waals surface area contributed by atoms with E-state index in [1.54, 1.807) is 0 Å². The first-order valence-corrected chi connectivity index (χ1v) is 6.30. The summed E-state index contributed by atoms with van der Waals surface area (Å²) in [5, 5.41) is 11.5. The van der Waals surface area contributed by atoms with Crippen LogP contribution in [0, 0.1) is 33.8 Å². The fourth-order valence-electron chi connectivity index (χ4n) is 2.63. The van der Waals surface area contributed by atoms with Crippen LogP contribution in [0.4, 0.5) is 0 Å². The van der Waals surface area contributed by atoms with E-state index in [-0.39, 0.29) is 16.8 Å². The van der Waals surface area contributed by atoms with Crippen molar-refractivity contribution in [2.75, 3.05) is 0 Å². The molecule has 2 atom stereocenters. The van der Waals surface area contributed by atoms with Crippen molar-refractivity contribution in [1.82, 2.24) is 0 Å². The first-order valence-electron chi connectivity index (χ1n) is 6.30. The standard InChI is InChI=1S/C13H27NO2/c1-9(2)8-13(11(5)6,14(15)16)12(7)10(3)4/h9-12H,8H2,1-7H3. The summed E-state index contributed by atoms with van der Waals surface area (Å²) >= 11 is 0. The highest BCUT2D eigenvalue weighted by atomic mass is 16.6. The maximum absolute atomic E-state index is 11.5. The van der Waals surface area contributed by atoms with Crippen molar-refractivity contribution in [3.8, 4) is 0 Å². The van der Waals surface area contributed by atoms with Crippen molar-refractivity contribution in [2.24, 2.45) is 23.7 Å². The lowest BCUT2D eigenvalue weighted by Gasteiger charge is -2.37. The fourth-order valence-corrected chi connectivity index (χ4v) is 2.63. The van der Waals surface area contributed by atoms with Gasteiger partial charge in [-0.1, -0.05) is 48.5 Å². The minimum absolute atomic E-state index is 0.0255. The van der Waals surface area contributed by atoms with E-state index < -0.39 is 5.54 Å². The average Bonchev–Trinajstić information content (AvgIpc) is 2.11. The molecule has 3 nitrogen and oxygen atoms in total. The molecule has 0 radical (unpaired) electrons. The minimum Gasteiger partial charge on any atom is -0.264 e. The predicted octanol–water partition coefficient (Wildman–Crippen LogP) is 4.00. The van der Waals surface area contributed by atoms with Gasteiger partial charge in [0.1, 0.15) is 0 Å². The smallest absolute Gasteiger partial charge is 0.227 e. The molecule has 0 aliphatic heterocycles. The van der Waals surface area contributed by atoms with Gasteiger partial charge in [0.2, 0.25) is 5.54 Å². The second-order valence-corrected chi connectivity index (χ2v) is 6.03. The predicted molar refractivity (Wildman–Crippen MR) is 68.0 cm³/mol. The van der Waals surface area contributed by atoms with Crippen molar-refractivity contribution in [1.29, 1.82) is 0 Å². The first-order chi connectivity index (χ1) is 7.16. The Labute approximate surface area is 99.8 Å². The number of hydrogen-bond donors (Lipinski definition) is 0. The molecule has 96 valence electrons.